The van der Waals surface area contributed by atoms with Gasteiger partial charge in [0.2, 0.25) is 0 Å². The number of ether oxygens (including phenoxy) is 1. The van der Waals surface area contributed by atoms with E-state index in [1.165, 1.54) is 12.4 Å². The Morgan fingerprint density at radius 3 is 2.89 bits per heavy atom. The van der Waals surface area contributed by atoms with Gasteiger partial charge in [0.25, 0.3) is 5.91 Å². The molecule has 3 aromatic rings. The first-order valence-electron chi connectivity index (χ1n) is 9.24. The lowest BCUT2D eigenvalue weighted by Gasteiger charge is -2.33. The number of carbonyl (C=O) groups is 1. The van der Waals surface area contributed by atoms with Gasteiger partial charge in [-0.15, -0.1) is 0 Å². The van der Waals surface area contributed by atoms with Crippen LogP contribution in [0.5, 0.6) is 5.75 Å². The number of H-pyrrole nitrogens is 1. The number of hydrogen-bond donors (Lipinski definition) is 2. The Labute approximate surface area is 163 Å². The van der Waals surface area contributed by atoms with Crippen molar-refractivity contribution in [3.05, 3.63) is 54.6 Å². The van der Waals surface area contributed by atoms with Crippen LogP contribution in [0.4, 0.5) is 5.82 Å². The minimum Gasteiger partial charge on any atom is -0.497 e. The maximum Gasteiger partial charge on any atom is 0.271 e. The second-order valence-corrected chi connectivity index (χ2v) is 6.72. The molecule has 0 bridgehead atoms. The molecule has 1 unspecified atom stereocenters. The number of carbonyl (C=O) groups excluding carboxylic acids is 1. The monoisotopic (exact) mass is 378 g/mol. The van der Waals surface area contributed by atoms with Crippen LogP contribution in [0.15, 0.2) is 48.9 Å². The predicted molar refractivity (Wildman–Crippen MR) is 105 cm³/mol. The van der Waals surface area contributed by atoms with E-state index in [-0.39, 0.29) is 11.9 Å². The number of methoxy groups -OCH3 is 1. The van der Waals surface area contributed by atoms with Gasteiger partial charge in [0, 0.05) is 37.6 Å². The molecule has 1 atom stereocenters. The number of aromatic amines is 1. The third-order valence-electron chi connectivity index (χ3n) is 4.84. The van der Waals surface area contributed by atoms with E-state index in [4.69, 9.17) is 4.74 Å². The van der Waals surface area contributed by atoms with E-state index in [9.17, 15) is 4.79 Å². The van der Waals surface area contributed by atoms with Gasteiger partial charge in [-0.05, 0) is 42.7 Å². The highest BCUT2D eigenvalue weighted by molar-refractivity contribution is 5.92. The Hall–Kier alpha value is -3.42. The molecule has 1 amide bonds. The summed E-state index contributed by atoms with van der Waals surface area (Å²) in [6.45, 7) is 1.61. The molecule has 4 rings (SSSR count). The summed E-state index contributed by atoms with van der Waals surface area (Å²) in [5.41, 5.74) is 2.33. The van der Waals surface area contributed by atoms with Crippen LogP contribution >= 0.6 is 0 Å². The molecule has 2 aromatic heterocycles. The van der Waals surface area contributed by atoms with Crippen molar-refractivity contribution >= 4 is 11.7 Å². The first kappa shape index (κ1) is 18.0. The first-order chi connectivity index (χ1) is 13.7. The normalized spacial score (nSPS) is 16.6. The molecule has 1 aliphatic heterocycles. The number of amides is 1. The summed E-state index contributed by atoms with van der Waals surface area (Å²) in [6.07, 6.45) is 6.46. The molecule has 1 aromatic carbocycles. The molecule has 0 aliphatic carbocycles. The maximum atomic E-state index is 12.3. The van der Waals surface area contributed by atoms with Gasteiger partial charge in [-0.2, -0.15) is 5.10 Å². The maximum absolute atomic E-state index is 12.3. The molecule has 0 saturated carbocycles. The van der Waals surface area contributed by atoms with Gasteiger partial charge in [-0.3, -0.25) is 14.9 Å². The second kappa shape index (κ2) is 8.08. The summed E-state index contributed by atoms with van der Waals surface area (Å²) < 4.78 is 5.20. The van der Waals surface area contributed by atoms with Crippen LogP contribution < -0.4 is 15.0 Å². The quantitative estimate of drug-likeness (QED) is 0.707. The van der Waals surface area contributed by atoms with E-state index in [2.05, 4.69) is 30.4 Å². The Morgan fingerprint density at radius 2 is 2.14 bits per heavy atom. The molecule has 2 N–H and O–H groups in total. The van der Waals surface area contributed by atoms with Crippen LogP contribution in [0.2, 0.25) is 0 Å². The number of benzene rings is 1. The summed E-state index contributed by atoms with van der Waals surface area (Å²) in [7, 11) is 1.65. The van der Waals surface area contributed by atoms with E-state index in [1.807, 2.05) is 30.3 Å². The first-order valence-corrected chi connectivity index (χ1v) is 9.24. The van der Waals surface area contributed by atoms with Gasteiger partial charge in [0.05, 0.1) is 19.0 Å². The van der Waals surface area contributed by atoms with Gasteiger partial charge >= 0.3 is 0 Å². The summed E-state index contributed by atoms with van der Waals surface area (Å²) >= 11 is 0. The number of hydrogen-bond acceptors (Lipinski definition) is 6. The van der Waals surface area contributed by atoms with Crippen molar-refractivity contribution in [1.82, 2.24) is 25.5 Å². The van der Waals surface area contributed by atoms with Crippen LogP contribution in [0.3, 0.4) is 0 Å². The Balaban J connectivity index is 1.42. The molecule has 1 fully saturated rings. The van der Waals surface area contributed by atoms with Crippen LogP contribution in [0.25, 0.3) is 11.3 Å². The molecule has 0 radical (unpaired) electrons. The van der Waals surface area contributed by atoms with Gasteiger partial charge in [0.1, 0.15) is 11.4 Å². The summed E-state index contributed by atoms with van der Waals surface area (Å²) in [5.74, 6) is 1.51. The Kier molecular flexibility index (Phi) is 5.18. The third kappa shape index (κ3) is 3.95. The number of aromatic nitrogens is 4. The number of piperidine rings is 1. The van der Waals surface area contributed by atoms with E-state index in [0.717, 1.165) is 42.2 Å². The highest BCUT2D eigenvalue weighted by Gasteiger charge is 2.24. The van der Waals surface area contributed by atoms with Gasteiger partial charge in [-0.25, -0.2) is 4.98 Å². The predicted octanol–water partition coefficient (Wildman–Crippen LogP) is 2.27. The molecule has 0 spiro atoms. The highest BCUT2D eigenvalue weighted by atomic mass is 16.5. The largest absolute Gasteiger partial charge is 0.497 e. The van der Waals surface area contributed by atoms with Crippen molar-refractivity contribution in [3.63, 3.8) is 0 Å². The number of nitrogens with one attached hydrogen (secondary N) is 2. The Bertz CT molecular complexity index is 925. The average molecular weight is 378 g/mol. The van der Waals surface area contributed by atoms with Crippen molar-refractivity contribution in [2.24, 2.45) is 0 Å². The van der Waals surface area contributed by atoms with E-state index in [1.54, 1.807) is 13.3 Å². The average Bonchev–Trinajstić information content (AvgIpc) is 3.25. The minimum absolute atomic E-state index is 0.0457. The summed E-state index contributed by atoms with van der Waals surface area (Å²) in [4.78, 5) is 22.5. The fourth-order valence-electron chi connectivity index (χ4n) is 3.37. The topological polar surface area (TPSA) is 96.0 Å². The zero-order valence-electron chi connectivity index (χ0n) is 15.6. The fraction of sp³-hybridized carbons (Fsp3) is 0.300. The lowest BCUT2D eigenvalue weighted by Crippen LogP contribution is -2.48. The van der Waals surface area contributed by atoms with Crippen molar-refractivity contribution < 1.29 is 9.53 Å². The fourth-order valence-corrected chi connectivity index (χ4v) is 3.37. The standard InChI is InChI=1S/C20H22N6O2/c1-28-16-6-4-14(5-7-16)17-11-19(25-24-17)26-10-2-3-15(13-26)23-20(27)18-12-21-8-9-22-18/h4-9,11-12,15H,2-3,10,13H2,1H3,(H,23,27)(H,24,25). The van der Waals surface area contributed by atoms with Gasteiger partial charge in [0.15, 0.2) is 5.82 Å². The number of anilines is 1. The van der Waals surface area contributed by atoms with E-state index >= 15 is 0 Å². The lowest BCUT2D eigenvalue weighted by atomic mass is 10.1. The molecule has 8 nitrogen and oxygen atoms in total. The summed E-state index contributed by atoms with van der Waals surface area (Å²) in [6, 6.07) is 9.93. The summed E-state index contributed by atoms with van der Waals surface area (Å²) in [5, 5.41) is 10.6. The minimum atomic E-state index is -0.194. The van der Waals surface area contributed by atoms with E-state index < -0.39 is 0 Å². The Morgan fingerprint density at radius 1 is 1.29 bits per heavy atom. The zero-order valence-corrected chi connectivity index (χ0v) is 15.6. The van der Waals surface area contributed by atoms with Crippen molar-refractivity contribution in [2.45, 2.75) is 18.9 Å². The highest BCUT2D eigenvalue weighted by Crippen LogP contribution is 2.25. The SMILES string of the molecule is COc1ccc(-c2cc(N3CCCC(NC(=O)c4cnccn4)C3)n[nH]2)cc1. The molecule has 28 heavy (non-hydrogen) atoms. The molecular weight excluding hydrogens is 356 g/mol. The third-order valence-corrected chi connectivity index (χ3v) is 4.84. The zero-order chi connectivity index (χ0) is 19.3. The molecule has 144 valence electrons. The van der Waals surface area contributed by atoms with Crippen LogP contribution in [0, 0.1) is 0 Å². The lowest BCUT2D eigenvalue weighted by molar-refractivity contribution is 0.0927. The smallest absolute Gasteiger partial charge is 0.271 e. The van der Waals surface area contributed by atoms with Crippen LogP contribution in [-0.2, 0) is 0 Å². The second-order valence-electron chi connectivity index (χ2n) is 6.72. The number of rotatable bonds is 5. The van der Waals surface area contributed by atoms with Crippen molar-refractivity contribution in [2.75, 3.05) is 25.1 Å². The van der Waals surface area contributed by atoms with Crippen LogP contribution in [0.1, 0.15) is 23.3 Å². The van der Waals surface area contributed by atoms with Gasteiger partial charge in [-0.1, -0.05) is 0 Å². The van der Waals surface area contributed by atoms with Gasteiger partial charge < -0.3 is 15.0 Å². The molecule has 3 heterocycles. The molecule has 1 saturated heterocycles. The van der Waals surface area contributed by atoms with Crippen molar-refractivity contribution in [1.29, 1.82) is 0 Å². The molecule has 8 heteroatoms. The van der Waals surface area contributed by atoms with Crippen LogP contribution in [-0.4, -0.2) is 52.3 Å². The number of nitrogens with zero attached hydrogens (tertiary/aromatic N) is 4. The van der Waals surface area contributed by atoms with E-state index in [0.29, 0.717) is 12.2 Å². The van der Waals surface area contributed by atoms with Crippen molar-refractivity contribution in [3.8, 4) is 17.0 Å². The molecular formula is C20H22N6O2. The molecule has 1 aliphatic rings.